The molecular weight excluding hydrogens is 88.1 g/mol. The SMILES string of the molecule is [2H]C([2H])([2H])CC/C=C/C=O. The van der Waals surface area contributed by atoms with Gasteiger partial charge in [-0.25, -0.2) is 0 Å². The van der Waals surface area contributed by atoms with Crippen molar-refractivity contribution < 1.29 is 8.91 Å². The van der Waals surface area contributed by atoms with Crippen molar-refractivity contribution in [2.75, 3.05) is 0 Å². The Morgan fingerprint density at radius 1 is 1.86 bits per heavy atom. The number of hydrogen-bond donors (Lipinski definition) is 0. The molecule has 0 rings (SSSR count). The highest BCUT2D eigenvalue weighted by Gasteiger charge is 1.67. The van der Waals surface area contributed by atoms with Gasteiger partial charge >= 0.3 is 0 Å². The average Bonchev–Trinajstić information content (AvgIpc) is 1.78. The zero-order chi connectivity index (χ0) is 8.04. The number of hydrogen-bond acceptors (Lipinski definition) is 1. The molecule has 0 bridgehead atoms. The quantitative estimate of drug-likeness (QED) is 0.389. The summed E-state index contributed by atoms with van der Waals surface area (Å²) < 4.78 is 20.3. The van der Waals surface area contributed by atoms with Crippen LogP contribution in [0.25, 0.3) is 0 Å². The van der Waals surface area contributed by atoms with Crippen molar-refractivity contribution in [3.05, 3.63) is 12.2 Å². The molecule has 0 heterocycles. The minimum absolute atomic E-state index is 0.136. The molecule has 7 heavy (non-hydrogen) atoms. The van der Waals surface area contributed by atoms with Crippen LogP contribution < -0.4 is 0 Å². The molecule has 0 aromatic carbocycles. The normalized spacial score (nSPS) is 18.0. The van der Waals surface area contributed by atoms with Crippen molar-refractivity contribution >= 4 is 6.29 Å². The van der Waals surface area contributed by atoms with Gasteiger partial charge in [-0.15, -0.1) is 0 Å². The highest BCUT2D eigenvalue weighted by molar-refractivity contribution is 5.64. The molecule has 0 aromatic rings. The maximum Gasteiger partial charge on any atom is 0.142 e. The zero-order valence-electron chi connectivity index (χ0n) is 7.05. The summed E-state index contributed by atoms with van der Waals surface area (Å²) in [6.45, 7) is -1.87. The molecular formula is C6H10O. The molecule has 1 heteroatoms. The predicted molar refractivity (Wildman–Crippen MR) is 30.1 cm³/mol. The first-order valence-corrected chi connectivity index (χ1v) is 2.16. The summed E-state index contributed by atoms with van der Waals surface area (Å²) in [5, 5.41) is 0. The molecule has 0 N–H and O–H groups in total. The van der Waals surface area contributed by atoms with Crippen molar-refractivity contribution in [1.82, 2.24) is 0 Å². The number of allylic oxidation sites excluding steroid dienone is 2. The van der Waals surface area contributed by atoms with Gasteiger partial charge in [-0.3, -0.25) is 4.79 Å². The van der Waals surface area contributed by atoms with E-state index in [1.165, 1.54) is 6.08 Å². The summed E-state index contributed by atoms with van der Waals surface area (Å²) in [6, 6.07) is 0. The van der Waals surface area contributed by atoms with E-state index in [4.69, 9.17) is 4.11 Å². The highest BCUT2D eigenvalue weighted by atomic mass is 16.1. The van der Waals surface area contributed by atoms with Gasteiger partial charge in [0.2, 0.25) is 0 Å². The lowest BCUT2D eigenvalue weighted by Gasteiger charge is -1.76. The van der Waals surface area contributed by atoms with E-state index in [9.17, 15) is 4.79 Å². The lowest BCUT2D eigenvalue weighted by Crippen LogP contribution is -1.61. The van der Waals surface area contributed by atoms with E-state index in [0.29, 0.717) is 12.7 Å². The third-order valence-electron chi connectivity index (χ3n) is 0.526. The van der Waals surface area contributed by atoms with Crippen LogP contribution >= 0.6 is 0 Å². The topological polar surface area (TPSA) is 17.1 Å². The number of carbonyl (C=O) groups excluding carboxylic acids is 1. The van der Waals surface area contributed by atoms with E-state index in [0.717, 1.165) is 0 Å². The van der Waals surface area contributed by atoms with Crippen molar-refractivity contribution in [1.29, 1.82) is 0 Å². The molecule has 0 aliphatic carbocycles. The summed E-state index contributed by atoms with van der Waals surface area (Å²) in [5.41, 5.74) is 0. The fourth-order valence-corrected chi connectivity index (χ4v) is 0.235. The van der Waals surface area contributed by atoms with Crippen LogP contribution in [0.3, 0.4) is 0 Å². The van der Waals surface area contributed by atoms with Crippen molar-refractivity contribution in [3.63, 3.8) is 0 Å². The molecule has 0 aliphatic heterocycles. The van der Waals surface area contributed by atoms with Crippen LogP contribution in [0.2, 0.25) is 0 Å². The van der Waals surface area contributed by atoms with E-state index in [1.807, 2.05) is 0 Å². The summed E-state index contributed by atoms with van der Waals surface area (Å²) in [5.74, 6) is 0. The summed E-state index contributed by atoms with van der Waals surface area (Å²) in [4.78, 5) is 9.70. The smallest absolute Gasteiger partial charge is 0.142 e. The van der Waals surface area contributed by atoms with Crippen LogP contribution in [0, 0.1) is 0 Å². The van der Waals surface area contributed by atoms with Gasteiger partial charge in [0.25, 0.3) is 0 Å². The van der Waals surface area contributed by atoms with Gasteiger partial charge < -0.3 is 0 Å². The van der Waals surface area contributed by atoms with Gasteiger partial charge in [0.1, 0.15) is 6.29 Å². The van der Waals surface area contributed by atoms with Gasteiger partial charge in [0.05, 0.1) is 0 Å². The predicted octanol–water partition coefficient (Wildman–Crippen LogP) is 1.54. The Hall–Kier alpha value is -0.590. The number of carbonyl (C=O) groups is 1. The monoisotopic (exact) mass is 101 g/mol. The Labute approximate surface area is 48.3 Å². The Kier molecular flexibility index (Phi) is 2.05. The van der Waals surface area contributed by atoms with E-state index in [1.54, 1.807) is 6.08 Å². The molecule has 40 valence electrons. The van der Waals surface area contributed by atoms with Crippen LogP contribution in [0.1, 0.15) is 23.8 Å². The molecule has 0 aromatic heterocycles. The lowest BCUT2D eigenvalue weighted by atomic mass is 10.3. The van der Waals surface area contributed by atoms with E-state index in [-0.39, 0.29) is 6.42 Å². The van der Waals surface area contributed by atoms with Gasteiger partial charge in [-0.05, 0) is 12.5 Å². The van der Waals surface area contributed by atoms with Gasteiger partial charge in [0.15, 0.2) is 0 Å². The Bertz CT molecular complexity index is 125. The molecule has 0 unspecified atom stereocenters. The first-order valence-electron chi connectivity index (χ1n) is 3.66. The van der Waals surface area contributed by atoms with Gasteiger partial charge in [-0.2, -0.15) is 0 Å². The largest absolute Gasteiger partial charge is 0.299 e. The summed E-state index contributed by atoms with van der Waals surface area (Å²) in [6.07, 6.45) is 4.08. The van der Waals surface area contributed by atoms with E-state index >= 15 is 0 Å². The Morgan fingerprint density at radius 3 is 3.29 bits per heavy atom. The third kappa shape index (κ3) is 5.41. The minimum Gasteiger partial charge on any atom is -0.299 e. The number of rotatable bonds is 3. The van der Waals surface area contributed by atoms with Crippen LogP contribution in [-0.2, 0) is 4.79 Å². The molecule has 0 spiro atoms. The molecule has 0 radical (unpaired) electrons. The Balaban J connectivity index is 3.37. The average molecular weight is 101 g/mol. The van der Waals surface area contributed by atoms with E-state index in [2.05, 4.69) is 0 Å². The summed E-state index contributed by atoms with van der Waals surface area (Å²) >= 11 is 0. The Morgan fingerprint density at radius 2 is 2.71 bits per heavy atom. The van der Waals surface area contributed by atoms with E-state index < -0.39 is 6.85 Å². The standard InChI is InChI=1S/C6H10O/c1-2-3-4-5-6-7/h4-6H,2-3H2,1H3/b5-4+/i1D3. The third-order valence-corrected chi connectivity index (χ3v) is 0.526. The molecule has 0 aliphatic rings. The maximum atomic E-state index is 9.70. The molecule has 0 fully saturated rings. The number of aldehydes is 1. The van der Waals surface area contributed by atoms with Crippen LogP contribution in [0.15, 0.2) is 12.2 Å². The van der Waals surface area contributed by atoms with Crippen LogP contribution in [0.4, 0.5) is 0 Å². The maximum absolute atomic E-state index is 9.70. The van der Waals surface area contributed by atoms with Gasteiger partial charge in [-0.1, -0.05) is 19.3 Å². The molecule has 0 amide bonds. The molecule has 0 atom stereocenters. The molecule has 1 nitrogen and oxygen atoms in total. The van der Waals surface area contributed by atoms with Crippen molar-refractivity contribution in [3.8, 4) is 0 Å². The van der Waals surface area contributed by atoms with Crippen molar-refractivity contribution in [2.24, 2.45) is 0 Å². The molecule has 0 saturated heterocycles. The highest BCUT2D eigenvalue weighted by Crippen LogP contribution is 1.85. The first kappa shape index (κ1) is 2.65. The fourth-order valence-electron chi connectivity index (χ4n) is 0.235. The second-order valence-corrected chi connectivity index (χ2v) is 1.10. The lowest BCUT2D eigenvalue weighted by molar-refractivity contribution is -0.104. The minimum atomic E-state index is -1.87. The van der Waals surface area contributed by atoms with Crippen LogP contribution in [0.5, 0.6) is 0 Å². The summed E-state index contributed by atoms with van der Waals surface area (Å²) in [7, 11) is 0. The second-order valence-electron chi connectivity index (χ2n) is 1.10. The fraction of sp³-hybridized carbons (Fsp3) is 0.500. The zero-order valence-corrected chi connectivity index (χ0v) is 4.05. The second kappa shape index (κ2) is 5.41. The van der Waals surface area contributed by atoms with Crippen LogP contribution in [-0.4, -0.2) is 6.29 Å². The molecule has 0 saturated carbocycles. The first-order chi connectivity index (χ1) is 4.56. The van der Waals surface area contributed by atoms with Crippen molar-refractivity contribution in [2.45, 2.75) is 19.7 Å². The van der Waals surface area contributed by atoms with Gasteiger partial charge in [0, 0.05) is 4.11 Å².